The van der Waals surface area contributed by atoms with E-state index in [0.717, 1.165) is 18.5 Å². The summed E-state index contributed by atoms with van der Waals surface area (Å²) in [7, 11) is 2.12. The van der Waals surface area contributed by atoms with Gasteiger partial charge in [0.05, 0.1) is 6.42 Å². The van der Waals surface area contributed by atoms with E-state index in [1.54, 1.807) is 0 Å². The van der Waals surface area contributed by atoms with Crippen LogP contribution in [0.4, 0.5) is 5.69 Å². The van der Waals surface area contributed by atoms with E-state index in [2.05, 4.69) is 35.5 Å². The second-order valence-electron chi connectivity index (χ2n) is 5.57. The number of nitrogens with one attached hydrogen (secondary N) is 1. The van der Waals surface area contributed by atoms with E-state index in [-0.39, 0.29) is 5.91 Å². The highest BCUT2D eigenvalue weighted by Gasteiger charge is 2.15. The summed E-state index contributed by atoms with van der Waals surface area (Å²) in [5.74, 6) is 0.0683. The van der Waals surface area contributed by atoms with Crippen molar-refractivity contribution < 1.29 is 4.79 Å². The number of carbonyl (C=O) groups is 1. The van der Waals surface area contributed by atoms with Crippen LogP contribution < -0.4 is 10.2 Å². The Kier molecular flexibility index (Phi) is 3.91. The molecule has 0 aromatic heterocycles. The van der Waals surface area contributed by atoms with Crippen LogP contribution in [-0.4, -0.2) is 19.5 Å². The van der Waals surface area contributed by atoms with Gasteiger partial charge in [0.1, 0.15) is 0 Å². The van der Waals surface area contributed by atoms with E-state index in [9.17, 15) is 4.79 Å². The van der Waals surface area contributed by atoms with Gasteiger partial charge in [-0.1, -0.05) is 42.5 Å². The van der Waals surface area contributed by atoms with Crippen LogP contribution in [0.1, 0.15) is 16.7 Å². The summed E-state index contributed by atoms with van der Waals surface area (Å²) in [5.41, 5.74) is 4.91. The molecule has 3 rings (SSSR count). The summed E-state index contributed by atoms with van der Waals surface area (Å²) < 4.78 is 0. The van der Waals surface area contributed by atoms with Gasteiger partial charge < -0.3 is 10.2 Å². The van der Waals surface area contributed by atoms with E-state index in [0.29, 0.717) is 13.0 Å². The molecule has 0 atom stereocenters. The van der Waals surface area contributed by atoms with Crippen molar-refractivity contribution in [3.8, 4) is 0 Å². The number of hydrogen-bond donors (Lipinski definition) is 1. The van der Waals surface area contributed by atoms with Crippen molar-refractivity contribution in [1.29, 1.82) is 0 Å². The maximum atomic E-state index is 12.0. The fraction of sp³-hybridized carbons (Fsp3) is 0.278. The number of amides is 1. The summed E-state index contributed by atoms with van der Waals surface area (Å²) >= 11 is 0. The number of likely N-dealkylation sites (N-methyl/N-ethyl adjacent to an activating group) is 1. The summed E-state index contributed by atoms with van der Waals surface area (Å²) in [5, 5.41) is 3.00. The molecule has 0 radical (unpaired) electrons. The van der Waals surface area contributed by atoms with E-state index < -0.39 is 0 Å². The molecule has 0 spiro atoms. The third kappa shape index (κ3) is 3.24. The molecule has 0 saturated carbocycles. The number of anilines is 1. The lowest BCUT2D eigenvalue weighted by Crippen LogP contribution is -2.24. The average Bonchev–Trinajstić information content (AvgIpc) is 2.87. The smallest absolute Gasteiger partial charge is 0.224 e. The van der Waals surface area contributed by atoms with Crippen molar-refractivity contribution in [2.24, 2.45) is 0 Å². The molecular weight excluding hydrogens is 260 g/mol. The predicted molar refractivity (Wildman–Crippen MR) is 85.4 cm³/mol. The molecule has 1 amide bonds. The van der Waals surface area contributed by atoms with Crippen LogP contribution in [0.15, 0.2) is 48.5 Å². The molecule has 1 N–H and O–H groups in total. The van der Waals surface area contributed by atoms with Crippen LogP contribution in [0.25, 0.3) is 0 Å². The second kappa shape index (κ2) is 6.00. The summed E-state index contributed by atoms with van der Waals surface area (Å²) in [6, 6.07) is 16.3. The molecular formula is C18H20N2O. The maximum Gasteiger partial charge on any atom is 0.224 e. The van der Waals surface area contributed by atoms with E-state index >= 15 is 0 Å². The zero-order valence-electron chi connectivity index (χ0n) is 12.3. The summed E-state index contributed by atoms with van der Waals surface area (Å²) in [6.07, 6.45) is 1.53. The second-order valence-corrected chi connectivity index (χ2v) is 5.57. The van der Waals surface area contributed by atoms with Gasteiger partial charge in [-0.3, -0.25) is 4.79 Å². The molecule has 108 valence electrons. The Morgan fingerprint density at radius 3 is 2.76 bits per heavy atom. The molecule has 0 fully saturated rings. The van der Waals surface area contributed by atoms with Gasteiger partial charge in [0.25, 0.3) is 0 Å². The van der Waals surface area contributed by atoms with Gasteiger partial charge in [-0.25, -0.2) is 0 Å². The van der Waals surface area contributed by atoms with Crippen molar-refractivity contribution in [2.45, 2.75) is 19.4 Å². The first-order valence-corrected chi connectivity index (χ1v) is 7.36. The Labute approximate surface area is 125 Å². The highest BCUT2D eigenvalue weighted by atomic mass is 16.1. The van der Waals surface area contributed by atoms with Crippen molar-refractivity contribution in [3.63, 3.8) is 0 Å². The number of benzene rings is 2. The first-order chi connectivity index (χ1) is 10.2. The Bertz CT molecular complexity index is 637. The normalized spacial score (nSPS) is 13.1. The molecule has 2 aromatic carbocycles. The SMILES string of the molecule is CN1CCc2cc(CNC(=O)Cc3ccccc3)ccc21. The fourth-order valence-electron chi connectivity index (χ4n) is 2.77. The monoisotopic (exact) mass is 280 g/mol. The fourth-order valence-corrected chi connectivity index (χ4v) is 2.77. The molecule has 3 nitrogen and oxygen atoms in total. The zero-order valence-corrected chi connectivity index (χ0v) is 12.3. The third-order valence-electron chi connectivity index (χ3n) is 3.97. The topological polar surface area (TPSA) is 32.3 Å². The number of nitrogens with zero attached hydrogens (tertiary/aromatic N) is 1. The largest absolute Gasteiger partial charge is 0.374 e. The molecule has 0 saturated heterocycles. The minimum absolute atomic E-state index is 0.0683. The van der Waals surface area contributed by atoms with Crippen molar-refractivity contribution in [3.05, 3.63) is 65.2 Å². The van der Waals surface area contributed by atoms with Crippen LogP contribution in [-0.2, 0) is 24.2 Å². The highest BCUT2D eigenvalue weighted by molar-refractivity contribution is 5.78. The molecule has 1 aliphatic rings. The van der Waals surface area contributed by atoms with E-state index in [1.165, 1.54) is 16.8 Å². The molecule has 1 aliphatic heterocycles. The van der Waals surface area contributed by atoms with Crippen LogP contribution in [0, 0.1) is 0 Å². The van der Waals surface area contributed by atoms with Crippen LogP contribution in [0.3, 0.4) is 0 Å². The predicted octanol–water partition coefficient (Wildman–Crippen LogP) is 2.54. The average molecular weight is 280 g/mol. The van der Waals surface area contributed by atoms with Gasteiger partial charge in [0, 0.05) is 25.8 Å². The van der Waals surface area contributed by atoms with Crippen LogP contribution in [0.5, 0.6) is 0 Å². The summed E-state index contributed by atoms with van der Waals surface area (Å²) in [4.78, 5) is 14.2. The minimum atomic E-state index is 0.0683. The van der Waals surface area contributed by atoms with Gasteiger partial charge in [-0.2, -0.15) is 0 Å². The molecule has 3 heteroatoms. The quantitative estimate of drug-likeness (QED) is 0.933. The molecule has 1 heterocycles. The van der Waals surface area contributed by atoms with Crippen molar-refractivity contribution in [1.82, 2.24) is 5.32 Å². The maximum absolute atomic E-state index is 12.0. The van der Waals surface area contributed by atoms with Gasteiger partial charge >= 0.3 is 0 Å². The van der Waals surface area contributed by atoms with E-state index in [1.807, 2.05) is 30.3 Å². The number of carbonyl (C=O) groups excluding carboxylic acids is 1. The summed E-state index contributed by atoms with van der Waals surface area (Å²) in [6.45, 7) is 1.68. The lowest BCUT2D eigenvalue weighted by molar-refractivity contribution is -0.120. The minimum Gasteiger partial charge on any atom is -0.374 e. The Morgan fingerprint density at radius 2 is 1.95 bits per heavy atom. The number of fused-ring (bicyclic) bond motifs is 1. The molecule has 0 bridgehead atoms. The molecule has 0 aliphatic carbocycles. The van der Waals surface area contributed by atoms with E-state index in [4.69, 9.17) is 0 Å². The van der Waals surface area contributed by atoms with Crippen LogP contribution >= 0.6 is 0 Å². The van der Waals surface area contributed by atoms with Crippen molar-refractivity contribution >= 4 is 11.6 Å². The third-order valence-corrected chi connectivity index (χ3v) is 3.97. The molecule has 2 aromatic rings. The van der Waals surface area contributed by atoms with Crippen molar-refractivity contribution in [2.75, 3.05) is 18.5 Å². The van der Waals surface area contributed by atoms with Crippen LogP contribution in [0.2, 0.25) is 0 Å². The first-order valence-electron chi connectivity index (χ1n) is 7.36. The number of hydrogen-bond acceptors (Lipinski definition) is 2. The lowest BCUT2D eigenvalue weighted by Gasteiger charge is -2.12. The zero-order chi connectivity index (χ0) is 14.7. The van der Waals surface area contributed by atoms with Gasteiger partial charge in [-0.15, -0.1) is 0 Å². The first kappa shape index (κ1) is 13.7. The Morgan fingerprint density at radius 1 is 1.14 bits per heavy atom. The standard InChI is InChI=1S/C18H20N2O/c1-20-10-9-16-11-15(7-8-17(16)20)13-19-18(21)12-14-5-3-2-4-6-14/h2-8,11H,9-10,12-13H2,1H3,(H,19,21). The Hall–Kier alpha value is -2.29. The van der Waals surface area contributed by atoms with Gasteiger partial charge in [0.15, 0.2) is 0 Å². The van der Waals surface area contributed by atoms with Gasteiger partial charge in [-0.05, 0) is 29.2 Å². The van der Waals surface area contributed by atoms with Gasteiger partial charge in [0.2, 0.25) is 5.91 Å². The molecule has 21 heavy (non-hydrogen) atoms. The number of rotatable bonds is 4. The molecule has 0 unspecified atom stereocenters. The highest BCUT2D eigenvalue weighted by Crippen LogP contribution is 2.27. The Balaban J connectivity index is 1.57. The lowest BCUT2D eigenvalue weighted by atomic mass is 10.1.